The van der Waals surface area contributed by atoms with Crippen LogP contribution in [0, 0.1) is 19.8 Å². The maximum Gasteiger partial charge on any atom is 0.409 e. The van der Waals surface area contributed by atoms with Crippen molar-refractivity contribution in [1.82, 2.24) is 19.5 Å². The number of ether oxygens (including phenoxy) is 1. The lowest BCUT2D eigenvalue weighted by atomic mass is 9.80. The molecule has 1 unspecified atom stereocenters. The van der Waals surface area contributed by atoms with E-state index in [9.17, 15) is 26.7 Å². The van der Waals surface area contributed by atoms with E-state index in [4.69, 9.17) is 0 Å². The summed E-state index contributed by atoms with van der Waals surface area (Å²) < 4.78 is 74.4. The predicted molar refractivity (Wildman–Crippen MR) is 109 cm³/mol. The molecule has 182 valence electrons. The number of amides is 1. The zero-order chi connectivity index (χ0) is 24.1. The predicted octanol–water partition coefficient (Wildman–Crippen LogP) is 5.37. The number of hydrogen-bond donors (Lipinski definition) is 0. The van der Waals surface area contributed by atoms with Gasteiger partial charge in [-0.05, 0) is 45.1 Å². The van der Waals surface area contributed by atoms with Crippen LogP contribution in [-0.4, -0.2) is 57.9 Å². The van der Waals surface area contributed by atoms with E-state index in [0.717, 1.165) is 12.0 Å². The molecule has 4 rings (SSSR count). The topological polar surface area (TPSA) is 59.7 Å². The Labute approximate surface area is 188 Å². The highest BCUT2D eigenvalue weighted by Crippen LogP contribution is 2.43. The van der Waals surface area contributed by atoms with Crippen molar-refractivity contribution in [3.05, 3.63) is 28.7 Å². The first-order valence-corrected chi connectivity index (χ1v) is 11.0. The van der Waals surface area contributed by atoms with Crippen LogP contribution in [0.25, 0.3) is 5.65 Å². The third-order valence-corrected chi connectivity index (χ3v) is 6.98. The minimum absolute atomic E-state index is 0.0450. The molecule has 2 aromatic rings. The normalized spacial score (nSPS) is 25.9. The summed E-state index contributed by atoms with van der Waals surface area (Å²) in [6.45, 7) is 2.89. The van der Waals surface area contributed by atoms with E-state index in [1.165, 1.54) is 4.52 Å². The van der Waals surface area contributed by atoms with Crippen LogP contribution in [-0.2, 0) is 4.74 Å². The second kappa shape index (κ2) is 8.39. The van der Waals surface area contributed by atoms with Crippen LogP contribution in [0.4, 0.5) is 26.7 Å². The summed E-state index contributed by atoms with van der Waals surface area (Å²) in [5.41, 5.74) is 3.00. The number of halogens is 5. The number of aryl methyl sites for hydroxylation is 1. The third-order valence-electron chi connectivity index (χ3n) is 6.98. The summed E-state index contributed by atoms with van der Waals surface area (Å²) in [4.78, 5) is 17.5. The molecule has 0 aromatic carbocycles. The lowest BCUT2D eigenvalue weighted by Gasteiger charge is -2.37. The summed E-state index contributed by atoms with van der Waals surface area (Å²) in [5, 5.41) is 4.63. The van der Waals surface area contributed by atoms with Gasteiger partial charge in [0, 0.05) is 36.6 Å². The van der Waals surface area contributed by atoms with E-state index in [-0.39, 0.29) is 25.3 Å². The SMILES string of the molecule is COC(=O)N1CC(c2c(C)c(C)nc3cc([C@H]4CC[C@H](C(F)(F)F)CC4)nn23)CC(F)(F)C1. The summed E-state index contributed by atoms with van der Waals surface area (Å²) in [7, 11) is 1.15. The number of methoxy groups -OCH3 is 1. The fraction of sp³-hybridized carbons (Fsp3) is 0.682. The minimum atomic E-state index is -4.19. The zero-order valence-electron chi connectivity index (χ0n) is 18.8. The van der Waals surface area contributed by atoms with Crippen LogP contribution < -0.4 is 0 Å². The molecule has 1 atom stereocenters. The zero-order valence-corrected chi connectivity index (χ0v) is 18.8. The largest absolute Gasteiger partial charge is 0.453 e. The molecule has 0 radical (unpaired) electrons. The molecule has 1 saturated carbocycles. The van der Waals surface area contributed by atoms with E-state index in [0.29, 0.717) is 41.1 Å². The Kier molecular flexibility index (Phi) is 6.03. The number of hydrogen-bond acceptors (Lipinski definition) is 4. The molecule has 2 aromatic heterocycles. The van der Waals surface area contributed by atoms with Crippen molar-refractivity contribution >= 4 is 11.7 Å². The van der Waals surface area contributed by atoms with E-state index in [1.807, 2.05) is 0 Å². The molecule has 33 heavy (non-hydrogen) atoms. The van der Waals surface area contributed by atoms with Crippen molar-refractivity contribution in [3.63, 3.8) is 0 Å². The quantitative estimate of drug-likeness (QED) is 0.549. The molecule has 0 N–H and O–H groups in total. The number of nitrogens with zero attached hydrogens (tertiary/aromatic N) is 4. The number of aromatic nitrogens is 3. The molecule has 2 aliphatic rings. The Morgan fingerprint density at radius 1 is 1.15 bits per heavy atom. The molecule has 1 aliphatic carbocycles. The molecule has 6 nitrogen and oxygen atoms in total. The minimum Gasteiger partial charge on any atom is -0.453 e. The lowest BCUT2D eigenvalue weighted by molar-refractivity contribution is -0.182. The fourth-order valence-electron chi connectivity index (χ4n) is 5.19. The monoisotopic (exact) mass is 474 g/mol. The molecular formula is C22H27F5N4O2. The first-order chi connectivity index (χ1) is 15.4. The highest BCUT2D eigenvalue weighted by atomic mass is 19.4. The number of likely N-dealkylation sites (tertiary alicyclic amines) is 1. The van der Waals surface area contributed by atoms with Crippen molar-refractivity contribution in [2.45, 2.75) is 69.9 Å². The van der Waals surface area contributed by atoms with Gasteiger partial charge in [-0.25, -0.2) is 23.1 Å². The van der Waals surface area contributed by atoms with Crippen molar-refractivity contribution in [2.75, 3.05) is 20.2 Å². The molecule has 1 amide bonds. The second-order valence-electron chi connectivity index (χ2n) is 9.24. The Morgan fingerprint density at radius 3 is 2.42 bits per heavy atom. The first-order valence-electron chi connectivity index (χ1n) is 11.0. The van der Waals surface area contributed by atoms with Gasteiger partial charge in [0.2, 0.25) is 0 Å². The van der Waals surface area contributed by atoms with E-state index < -0.39 is 43.0 Å². The van der Waals surface area contributed by atoms with Crippen LogP contribution in [0.2, 0.25) is 0 Å². The van der Waals surface area contributed by atoms with Crippen molar-refractivity contribution in [3.8, 4) is 0 Å². The molecule has 0 bridgehead atoms. The van der Waals surface area contributed by atoms with Gasteiger partial charge in [-0.2, -0.15) is 18.3 Å². The Morgan fingerprint density at radius 2 is 1.82 bits per heavy atom. The van der Waals surface area contributed by atoms with Gasteiger partial charge in [0.1, 0.15) is 0 Å². The summed E-state index contributed by atoms with van der Waals surface area (Å²) >= 11 is 0. The molecule has 0 spiro atoms. The number of fused-ring (bicyclic) bond motifs is 1. The molecule has 2 fully saturated rings. The van der Waals surface area contributed by atoms with Gasteiger partial charge in [-0.3, -0.25) is 0 Å². The fourth-order valence-corrected chi connectivity index (χ4v) is 5.19. The van der Waals surface area contributed by atoms with Crippen LogP contribution >= 0.6 is 0 Å². The van der Waals surface area contributed by atoms with Gasteiger partial charge >= 0.3 is 12.3 Å². The third kappa shape index (κ3) is 4.63. The number of carbonyl (C=O) groups is 1. The molecule has 11 heteroatoms. The van der Waals surface area contributed by atoms with Gasteiger partial charge in [0.15, 0.2) is 5.65 Å². The van der Waals surface area contributed by atoms with Gasteiger partial charge in [0.25, 0.3) is 5.92 Å². The van der Waals surface area contributed by atoms with Crippen LogP contribution in [0.5, 0.6) is 0 Å². The van der Waals surface area contributed by atoms with Crippen molar-refractivity contribution < 1.29 is 31.5 Å². The maximum absolute atomic E-state index is 14.6. The average molecular weight is 474 g/mol. The molecule has 1 aliphatic heterocycles. The van der Waals surface area contributed by atoms with Crippen molar-refractivity contribution in [1.29, 1.82) is 0 Å². The van der Waals surface area contributed by atoms with Gasteiger partial charge in [0.05, 0.1) is 31.0 Å². The number of alkyl halides is 5. The van der Waals surface area contributed by atoms with Gasteiger partial charge in [-0.1, -0.05) is 0 Å². The maximum atomic E-state index is 14.6. The van der Waals surface area contributed by atoms with Crippen molar-refractivity contribution in [2.24, 2.45) is 5.92 Å². The van der Waals surface area contributed by atoms with E-state index >= 15 is 0 Å². The second-order valence-corrected chi connectivity index (χ2v) is 9.24. The van der Waals surface area contributed by atoms with E-state index in [1.54, 1.807) is 19.9 Å². The van der Waals surface area contributed by atoms with Crippen LogP contribution in [0.3, 0.4) is 0 Å². The molecule has 1 saturated heterocycles. The number of carbonyl (C=O) groups excluding carboxylic acids is 1. The van der Waals surface area contributed by atoms with Gasteiger partial charge < -0.3 is 9.64 Å². The van der Waals surface area contributed by atoms with Crippen LogP contribution in [0.1, 0.15) is 66.6 Å². The molecular weight excluding hydrogens is 447 g/mol. The van der Waals surface area contributed by atoms with E-state index in [2.05, 4.69) is 14.8 Å². The molecule has 3 heterocycles. The number of piperidine rings is 1. The summed E-state index contributed by atoms with van der Waals surface area (Å²) in [6, 6.07) is 1.74. The standard InChI is InChI=1S/C22H27F5N4O2/c1-12-13(2)28-18-8-17(14-4-6-16(7-5-14)22(25,26)27)29-31(18)19(12)15-9-21(23,24)11-30(10-15)20(32)33-3/h8,14-16H,4-7,9-11H2,1-3H3/t14-,15?,16-. The lowest BCUT2D eigenvalue weighted by Crippen LogP contribution is -2.49. The van der Waals surface area contributed by atoms with Crippen LogP contribution in [0.15, 0.2) is 6.07 Å². The first kappa shape index (κ1) is 23.7. The highest BCUT2D eigenvalue weighted by molar-refractivity contribution is 5.68. The summed E-state index contributed by atoms with van der Waals surface area (Å²) in [5.74, 6) is -5.24. The van der Waals surface area contributed by atoms with Gasteiger partial charge in [-0.15, -0.1) is 0 Å². The smallest absolute Gasteiger partial charge is 0.409 e. The number of rotatable bonds is 2. The Balaban J connectivity index is 1.68. The summed E-state index contributed by atoms with van der Waals surface area (Å²) in [6.07, 6.45) is -4.65. The average Bonchev–Trinajstić information content (AvgIpc) is 3.15. The highest BCUT2D eigenvalue weighted by Gasteiger charge is 2.45. The Hall–Kier alpha value is -2.46. The Bertz CT molecular complexity index is 1040.